The molecule has 8 nitrogen and oxygen atoms in total. The number of hydrogen-bond donors (Lipinski definition) is 0. The predicted octanol–water partition coefficient (Wildman–Crippen LogP) is 3.62. The van der Waals surface area contributed by atoms with Crippen LogP contribution in [-0.2, 0) is 0 Å². The highest BCUT2D eigenvalue weighted by Crippen LogP contribution is 2.56. The van der Waals surface area contributed by atoms with E-state index in [0.717, 1.165) is 17.7 Å². The summed E-state index contributed by atoms with van der Waals surface area (Å²) in [6.45, 7) is 0. The van der Waals surface area contributed by atoms with Gasteiger partial charge in [0.15, 0.2) is 5.65 Å². The lowest BCUT2D eigenvalue weighted by Crippen LogP contribution is -2.03. The molecule has 1 fully saturated rings. The largest absolute Gasteiger partial charge is 0.480 e. The molecule has 0 N–H and O–H groups in total. The van der Waals surface area contributed by atoms with E-state index in [-0.39, 0.29) is 29.0 Å². The van der Waals surface area contributed by atoms with E-state index in [9.17, 15) is 8.78 Å². The van der Waals surface area contributed by atoms with Crippen molar-refractivity contribution in [1.29, 1.82) is 5.26 Å². The summed E-state index contributed by atoms with van der Waals surface area (Å²) >= 11 is 0. The van der Waals surface area contributed by atoms with Gasteiger partial charge in [-0.2, -0.15) is 15.3 Å². The summed E-state index contributed by atoms with van der Waals surface area (Å²) in [5.74, 6) is -1.34. The number of halogens is 2. The van der Waals surface area contributed by atoms with Crippen LogP contribution in [0.1, 0.15) is 34.9 Å². The molecule has 1 aliphatic carbocycles. The molecular weight excluding hydrogens is 418 g/mol. The van der Waals surface area contributed by atoms with Gasteiger partial charge in [-0.25, -0.2) is 23.3 Å². The number of nitrogens with zero attached hydrogens (tertiary/aromatic N) is 6. The molecule has 0 radical (unpaired) electrons. The summed E-state index contributed by atoms with van der Waals surface area (Å²) in [5, 5.41) is 13.5. The number of benzene rings is 1. The van der Waals surface area contributed by atoms with Crippen molar-refractivity contribution in [3.8, 4) is 29.2 Å². The van der Waals surface area contributed by atoms with Crippen molar-refractivity contribution >= 4 is 5.65 Å². The Morgan fingerprint density at radius 3 is 2.62 bits per heavy atom. The molecule has 32 heavy (non-hydrogen) atoms. The molecule has 1 saturated carbocycles. The van der Waals surface area contributed by atoms with Gasteiger partial charge in [0.1, 0.15) is 17.7 Å². The molecule has 2 atom stereocenters. The molecule has 3 aromatic heterocycles. The van der Waals surface area contributed by atoms with E-state index in [1.807, 2.05) is 6.07 Å². The molecule has 1 aliphatic rings. The maximum atomic E-state index is 14.6. The van der Waals surface area contributed by atoms with Crippen LogP contribution in [0, 0.1) is 23.0 Å². The van der Waals surface area contributed by atoms with Gasteiger partial charge in [0.2, 0.25) is 5.88 Å². The van der Waals surface area contributed by atoms with Gasteiger partial charge in [-0.15, -0.1) is 0 Å². The molecule has 0 amide bonds. The van der Waals surface area contributed by atoms with E-state index in [2.05, 4.69) is 20.1 Å². The zero-order valence-corrected chi connectivity index (χ0v) is 17.1. The van der Waals surface area contributed by atoms with Crippen LogP contribution in [-0.4, -0.2) is 38.8 Å². The Bertz CT molecular complexity index is 1400. The third-order valence-corrected chi connectivity index (χ3v) is 5.57. The summed E-state index contributed by atoms with van der Waals surface area (Å²) < 4.78 is 40.8. The van der Waals surface area contributed by atoms with Crippen LogP contribution in [0.4, 0.5) is 8.78 Å². The Morgan fingerprint density at radius 2 is 1.88 bits per heavy atom. The van der Waals surface area contributed by atoms with Gasteiger partial charge in [-0.1, -0.05) is 0 Å². The molecule has 5 rings (SSSR count). The van der Waals surface area contributed by atoms with Crippen LogP contribution in [0.3, 0.4) is 0 Å². The molecule has 0 bridgehead atoms. The van der Waals surface area contributed by atoms with Crippen molar-refractivity contribution in [3.05, 3.63) is 65.1 Å². The zero-order valence-electron chi connectivity index (χ0n) is 17.1. The van der Waals surface area contributed by atoms with Crippen LogP contribution in [0.5, 0.6) is 11.9 Å². The molecule has 4 aromatic rings. The van der Waals surface area contributed by atoms with Crippen LogP contribution in [0.2, 0.25) is 0 Å². The number of methoxy groups -OCH3 is 2. The molecule has 1 unspecified atom stereocenters. The first-order valence-electron chi connectivity index (χ1n) is 9.72. The molecule has 0 saturated heterocycles. The number of aromatic nitrogens is 5. The second-order valence-electron chi connectivity index (χ2n) is 7.37. The molecule has 0 aliphatic heterocycles. The topological polar surface area (TPSA) is 98.2 Å². The lowest BCUT2D eigenvalue weighted by molar-refractivity contribution is 0.353. The highest BCUT2D eigenvalue weighted by molar-refractivity contribution is 5.68. The fourth-order valence-corrected chi connectivity index (χ4v) is 3.94. The lowest BCUT2D eigenvalue weighted by atomic mass is 10.0. The monoisotopic (exact) mass is 434 g/mol. The van der Waals surface area contributed by atoms with Crippen molar-refractivity contribution in [2.24, 2.45) is 0 Å². The Kier molecular flexibility index (Phi) is 4.66. The van der Waals surface area contributed by atoms with Gasteiger partial charge < -0.3 is 9.47 Å². The summed E-state index contributed by atoms with van der Waals surface area (Å²) in [6, 6.07) is 5.73. The molecule has 10 heteroatoms. The normalized spacial score (nSPS) is 17.2. The first-order chi connectivity index (χ1) is 15.5. The Morgan fingerprint density at radius 1 is 1.06 bits per heavy atom. The first kappa shape index (κ1) is 19.8. The van der Waals surface area contributed by atoms with Gasteiger partial charge in [-0.3, -0.25) is 0 Å². The third-order valence-electron chi connectivity index (χ3n) is 5.57. The molecule has 0 spiro atoms. The van der Waals surface area contributed by atoms with Crippen molar-refractivity contribution < 1.29 is 18.3 Å². The van der Waals surface area contributed by atoms with E-state index in [1.54, 1.807) is 29.2 Å². The van der Waals surface area contributed by atoms with Crippen molar-refractivity contribution in [1.82, 2.24) is 24.6 Å². The number of ether oxygens (including phenoxy) is 2. The minimum atomic E-state index is -0.726. The van der Waals surface area contributed by atoms with E-state index in [4.69, 9.17) is 14.7 Å². The fraction of sp³-hybridized carbons (Fsp3) is 0.227. The lowest BCUT2D eigenvalue weighted by Gasteiger charge is -2.11. The SMILES string of the molecule is COc1ncc(-c2cc(C3C[C@@H]3c3cc(F)c(C#N)cc3F)c3nccn3n2)c(OC)n1. The highest BCUT2D eigenvalue weighted by Gasteiger charge is 2.43. The molecule has 1 aromatic carbocycles. The number of rotatable bonds is 5. The summed E-state index contributed by atoms with van der Waals surface area (Å²) in [6.07, 6.45) is 5.50. The van der Waals surface area contributed by atoms with Crippen LogP contribution in [0.25, 0.3) is 16.9 Å². The number of imidazole rings is 1. The maximum absolute atomic E-state index is 14.6. The van der Waals surface area contributed by atoms with Gasteiger partial charge in [0, 0.05) is 24.2 Å². The van der Waals surface area contributed by atoms with E-state index >= 15 is 0 Å². The van der Waals surface area contributed by atoms with Gasteiger partial charge in [-0.05, 0) is 42.0 Å². The minimum absolute atomic E-state index is 0.0892. The van der Waals surface area contributed by atoms with Crippen molar-refractivity contribution in [3.63, 3.8) is 0 Å². The van der Waals surface area contributed by atoms with Crippen LogP contribution >= 0.6 is 0 Å². The summed E-state index contributed by atoms with van der Waals surface area (Å²) in [5.41, 5.74) is 2.51. The number of nitriles is 1. The fourth-order valence-electron chi connectivity index (χ4n) is 3.94. The van der Waals surface area contributed by atoms with E-state index < -0.39 is 11.6 Å². The Balaban J connectivity index is 1.58. The summed E-state index contributed by atoms with van der Waals surface area (Å²) in [7, 11) is 2.95. The number of hydrogen-bond acceptors (Lipinski definition) is 7. The minimum Gasteiger partial charge on any atom is -0.480 e. The van der Waals surface area contributed by atoms with E-state index in [1.165, 1.54) is 14.2 Å². The Labute approximate surface area is 181 Å². The summed E-state index contributed by atoms with van der Waals surface area (Å²) in [4.78, 5) is 12.7. The zero-order chi connectivity index (χ0) is 22.4. The smallest absolute Gasteiger partial charge is 0.319 e. The van der Waals surface area contributed by atoms with Crippen LogP contribution < -0.4 is 9.47 Å². The predicted molar refractivity (Wildman–Crippen MR) is 108 cm³/mol. The van der Waals surface area contributed by atoms with Crippen molar-refractivity contribution in [2.75, 3.05) is 14.2 Å². The molecule has 3 heterocycles. The molecule has 160 valence electrons. The number of fused-ring (bicyclic) bond motifs is 1. The van der Waals surface area contributed by atoms with Gasteiger partial charge in [0.05, 0.1) is 31.0 Å². The van der Waals surface area contributed by atoms with Gasteiger partial charge >= 0.3 is 6.01 Å². The van der Waals surface area contributed by atoms with E-state index in [0.29, 0.717) is 29.2 Å². The highest BCUT2D eigenvalue weighted by atomic mass is 19.1. The average molecular weight is 434 g/mol. The standard InChI is InChI=1S/C22H16F2N6O2/c1-31-21-16(10-27-22(28-21)32-2)19-8-15(20-26-3-4-30(20)29-19)13-6-12(13)14-7-17(23)11(9-25)5-18(14)24/h3-5,7-8,10,12-13H,6H2,1-2H3/t12-,13?/m0/s1. The van der Waals surface area contributed by atoms with Crippen LogP contribution in [0.15, 0.2) is 36.8 Å². The van der Waals surface area contributed by atoms with Gasteiger partial charge in [0.25, 0.3) is 0 Å². The molecular formula is C22H16F2N6O2. The maximum Gasteiger partial charge on any atom is 0.319 e. The van der Waals surface area contributed by atoms with Crippen molar-refractivity contribution in [2.45, 2.75) is 18.3 Å². The second kappa shape index (κ2) is 7.53. The second-order valence-corrected chi connectivity index (χ2v) is 7.37. The quantitative estimate of drug-likeness (QED) is 0.473. The third kappa shape index (κ3) is 3.19. The Hall–Kier alpha value is -4.13. The first-order valence-corrected chi connectivity index (χ1v) is 9.72. The average Bonchev–Trinajstić information content (AvgIpc) is 3.46.